The number of hydrogen-bond donors (Lipinski definition) is 2. The Balaban J connectivity index is 3.94. The highest BCUT2D eigenvalue weighted by molar-refractivity contribution is 6.25. The first kappa shape index (κ1) is 13.5. The maximum absolute atomic E-state index is 11.4. The van der Waals surface area contributed by atoms with Crippen molar-refractivity contribution in [1.82, 2.24) is 10.6 Å². The van der Waals surface area contributed by atoms with Crippen molar-refractivity contribution in [3.05, 3.63) is 11.1 Å². The van der Waals surface area contributed by atoms with Gasteiger partial charge in [-0.3, -0.25) is 4.79 Å². The van der Waals surface area contributed by atoms with E-state index in [2.05, 4.69) is 10.6 Å². The summed E-state index contributed by atoms with van der Waals surface area (Å²) in [4.78, 5) is 11.4. The van der Waals surface area contributed by atoms with E-state index in [9.17, 15) is 4.79 Å². The summed E-state index contributed by atoms with van der Waals surface area (Å²) in [5, 5.41) is 5.82. The Morgan fingerprint density at radius 2 is 2.07 bits per heavy atom. The molecule has 4 heteroatoms. The molecule has 0 aromatic rings. The molecule has 0 aliphatic carbocycles. The molecule has 0 heterocycles. The van der Waals surface area contributed by atoms with Crippen molar-refractivity contribution in [1.29, 1.82) is 0 Å². The van der Waals surface area contributed by atoms with E-state index >= 15 is 0 Å². The molecule has 3 nitrogen and oxygen atoms in total. The number of halogens is 1. The highest BCUT2D eigenvalue weighted by Gasteiger charge is 2.25. The minimum Gasteiger partial charge on any atom is -0.359 e. The van der Waals surface area contributed by atoms with Crippen molar-refractivity contribution in [2.75, 3.05) is 20.1 Å². The highest BCUT2D eigenvalue weighted by atomic mass is 35.5. The van der Waals surface area contributed by atoms with Crippen LogP contribution in [0.3, 0.4) is 0 Å². The molecule has 0 bridgehead atoms. The van der Waals surface area contributed by atoms with Crippen molar-refractivity contribution in [2.24, 2.45) is 5.41 Å². The Morgan fingerprint density at radius 3 is 2.50 bits per heavy atom. The molecule has 2 N–H and O–H groups in total. The molecule has 0 atom stereocenters. The zero-order valence-corrected chi connectivity index (χ0v) is 10.0. The fraction of sp³-hybridized carbons (Fsp3) is 0.700. The number of carbonyl (C=O) groups is 1. The van der Waals surface area contributed by atoms with Crippen LogP contribution in [0.2, 0.25) is 0 Å². The minimum absolute atomic E-state index is 0.0394. The second kappa shape index (κ2) is 6.04. The summed E-state index contributed by atoms with van der Waals surface area (Å²) in [5.41, 5.74) is 2.21. The Labute approximate surface area is 90.9 Å². The van der Waals surface area contributed by atoms with Crippen LogP contribution in [0.1, 0.15) is 20.8 Å². The van der Waals surface area contributed by atoms with Crippen molar-refractivity contribution >= 4 is 17.5 Å². The van der Waals surface area contributed by atoms with E-state index < -0.39 is 0 Å². The number of carbonyl (C=O) groups excluding carboxylic acids is 1. The van der Waals surface area contributed by atoms with Crippen LogP contribution in [0.5, 0.6) is 0 Å². The topological polar surface area (TPSA) is 41.1 Å². The van der Waals surface area contributed by atoms with Gasteiger partial charge in [0.05, 0.1) is 5.41 Å². The van der Waals surface area contributed by atoms with Gasteiger partial charge in [-0.1, -0.05) is 11.6 Å². The molecule has 0 aromatic carbocycles. The smallest absolute Gasteiger partial charge is 0.226 e. The average molecular weight is 219 g/mol. The van der Waals surface area contributed by atoms with Crippen LogP contribution in [0, 0.1) is 5.41 Å². The molecular formula is C10H19ClN2O. The van der Waals surface area contributed by atoms with Gasteiger partial charge in [0.15, 0.2) is 0 Å². The third kappa shape index (κ3) is 4.63. The van der Waals surface area contributed by atoms with Gasteiger partial charge in [-0.15, -0.1) is 0 Å². The highest BCUT2D eigenvalue weighted by Crippen LogP contribution is 2.13. The van der Waals surface area contributed by atoms with Crippen LogP contribution in [-0.2, 0) is 4.79 Å². The summed E-state index contributed by atoms with van der Waals surface area (Å²) in [6, 6.07) is 0. The van der Waals surface area contributed by atoms with Crippen LogP contribution in [-0.4, -0.2) is 26.0 Å². The first-order valence-electron chi connectivity index (χ1n) is 4.63. The van der Waals surface area contributed by atoms with Crippen molar-refractivity contribution in [3.8, 4) is 0 Å². The van der Waals surface area contributed by atoms with Crippen LogP contribution >= 0.6 is 11.6 Å². The number of rotatable bonds is 5. The van der Waals surface area contributed by atoms with Gasteiger partial charge in [-0.05, 0) is 26.3 Å². The second-order valence-electron chi connectivity index (χ2n) is 4.02. The molecule has 0 aromatic heterocycles. The summed E-state index contributed by atoms with van der Waals surface area (Å²) in [7, 11) is 1.65. The van der Waals surface area contributed by atoms with Crippen LogP contribution in [0.25, 0.3) is 0 Å². The van der Waals surface area contributed by atoms with Gasteiger partial charge in [0.25, 0.3) is 0 Å². The molecular weight excluding hydrogens is 200 g/mol. The Kier molecular flexibility index (Phi) is 5.81. The van der Waals surface area contributed by atoms with Gasteiger partial charge in [0.2, 0.25) is 5.91 Å². The van der Waals surface area contributed by atoms with Gasteiger partial charge in [-0.2, -0.15) is 0 Å². The fourth-order valence-electron chi connectivity index (χ4n) is 1.03. The zero-order valence-electron chi connectivity index (χ0n) is 9.28. The molecule has 0 rings (SSSR count). The lowest BCUT2D eigenvalue weighted by Gasteiger charge is -2.22. The number of nitrogens with one attached hydrogen (secondary N) is 2. The molecule has 1 amide bonds. The first-order chi connectivity index (χ1) is 6.44. The second-order valence-corrected chi connectivity index (χ2v) is 4.24. The van der Waals surface area contributed by atoms with Gasteiger partial charge < -0.3 is 10.6 Å². The number of amides is 1. The van der Waals surface area contributed by atoms with Crippen LogP contribution < -0.4 is 10.6 Å². The van der Waals surface area contributed by atoms with E-state index in [1.54, 1.807) is 12.6 Å². The summed E-state index contributed by atoms with van der Waals surface area (Å²) in [6.07, 6.45) is 0. The minimum atomic E-state index is -0.388. The van der Waals surface area contributed by atoms with Crippen molar-refractivity contribution in [3.63, 3.8) is 0 Å². The SMILES string of the molecule is CNC(=O)C(C)(C)CNCC(C)=CCl. The first-order valence-corrected chi connectivity index (χ1v) is 5.06. The molecule has 0 spiro atoms. The van der Waals surface area contributed by atoms with Gasteiger partial charge in [0.1, 0.15) is 0 Å². The fourth-order valence-corrected chi connectivity index (χ4v) is 1.11. The number of hydrogen-bond acceptors (Lipinski definition) is 2. The van der Waals surface area contributed by atoms with Crippen molar-refractivity contribution in [2.45, 2.75) is 20.8 Å². The molecule has 0 saturated carbocycles. The summed E-state index contributed by atoms with van der Waals surface area (Å²) in [6.45, 7) is 7.09. The quantitative estimate of drug-likeness (QED) is 0.734. The Bertz CT molecular complexity index is 224. The van der Waals surface area contributed by atoms with E-state index in [0.29, 0.717) is 13.1 Å². The molecule has 0 radical (unpaired) electrons. The van der Waals surface area contributed by atoms with Gasteiger partial charge in [-0.25, -0.2) is 0 Å². The largest absolute Gasteiger partial charge is 0.359 e. The van der Waals surface area contributed by atoms with E-state index in [1.165, 1.54) is 0 Å². The standard InChI is InChI=1S/C10H19ClN2O/c1-8(5-11)6-13-7-10(2,3)9(14)12-4/h5,13H,6-7H2,1-4H3,(H,12,14). The Morgan fingerprint density at radius 1 is 1.50 bits per heavy atom. The van der Waals surface area contributed by atoms with E-state index in [4.69, 9.17) is 11.6 Å². The van der Waals surface area contributed by atoms with Crippen molar-refractivity contribution < 1.29 is 4.79 Å². The third-order valence-electron chi connectivity index (χ3n) is 2.00. The molecule has 0 fully saturated rings. The summed E-state index contributed by atoms with van der Waals surface area (Å²) < 4.78 is 0. The van der Waals surface area contributed by atoms with Crippen LogP contribution in [0.4, 0.5) is 0 Å². The molecule has 0 aliphatic rings. The summed E-state index contributed by atoms with van der Waals surface area (Å²) >= 11 is 5.51. The lowest BCUT2D eigenvalue weighted by Crippen LogP contribution is -2.42. The maximum atomic E-state index is 11.4. The third-order valence-corrected chi connectivity index (χ3v) is 2.37. The van der Waals surface area contributed by atoms with Crippen LogP contribution in [0.15, 0.2) is 11.1 Å². The monoisotopic (exact) mass is 218 g/mol. The normalized spacial score (nSPS) is 12.8. The van der Waals surface area contributed by atoms with E-state index in [0.717, 1.165) is 5.57 Å². The molecule has 0 unspecified atom stereocenters. The van der Waals surface area contributed by atoms with E-state index in [-0.39, 0.29) is 11.3 Å². The molecule has 14 heavy (non-hydrogen) atoms. The molecule has 82 valence electrons. The predicted octanol–water partition coefficient (Wildman–Crippen LogP) is 1.49. The van der Waals surface area contributed by atoms with E-state index in [1.807, 2.05) is 20.8 Å². The average Bonchev–Trinajstić information content (AvgIpc) is 2.15. The van der Waals surface area contributed by atoms with Gasteiger partial charge in [0, 0.05) is 25.7 Å². The molecule has 0 aliphatic heterocycles. The zero-order chi connectivity index (χ0) is 11.2. The van der Waals surface area contributed by atoms with Gasteiger partial charge >= 0.3 is 0 Å². The maximum Gasteiger partial charge on any atom is 0.226 e. The Hall–Kier alpha value is -0.540. The summed E-state index contributed by atoms with van der Waals surface area (Å²) in [5.74, 6) is 0.0394. The predicted molar refractivity (Wildman–Crippen MR) is 60.3 cm³/mol. The lowest BCUT2D eigenvalue weighted by atomic mass is 9.92. The lowest BCUT2D eigenvalue weighted by molar-refractivity contribution is -0.128. The molecule has 0 saturated heterocycles.